The summed E-state index contributed by atoms with van der Waals surface area (Å²) in [7, 11) is -3.10. The highest BCUT2D eigenvalue weighted by Gasteiger charge is 2.31. The number of sulfone groups is 1. The van der Waals surface area contributed by atoms with Gasteiger partial charge in [0.15, 0.2) is 9.84 Å². The van der Waals surface area contributed by atoms with Gasteiger partial charge in [-0.3, -0.25) is 9.59 Å². The van der Waals surface area contributed by atoms with Crippen LogP contribution in [0.4, 0.5) is 0 Å². The van der Waals surface area contributed by atoms with E-state index in [9.17, 15) is 18.0 Å². The van der Waals surface area contributed by atoms with Gasteiger partial charge in [-0.2, -0.15) is 0 Å². The van der Waals surface area contributed by atoms with Gasteiger partial charge in [-0.15, -0.1) is 0 Å². The van der Waals surface area contributed by atoms with Crippen LogP contribution in [0.15, 0.2) is 54.6 Å². The molecule has 2 aromatic carbocycles. The molecule has 1 atom stereocenters. The average molecular weight is 421 g/mol. The van der Waals surface area contributed by atoms with E-state index in [1.807, 2.05) is 30.3 Å². The molecule has 1 heterocycles. The zero-order chi connectivity index (χ0) is 20.1. The van der Waals surface area contributed by atoms with Gasteiger partial charge in [-0.25, -0.2) is 8.42 Å². The zero-order valence-corrected chi connectivity index (χ0v) is 16.7. The highest BCUT2D eigenvalue weighted by Crippen LogP contribution is 2.13. The maximum Gasteiger partial charge on any atom is 0.251 e. The molecule has 0 aliphatic carbocycles. The lowest BCUT2D eigenvalue weighted by Crippen LogP contribution is -2.53. The Kier molecular flexibility index (Phi) is 6.36. The minimum atomic E-state index is -3.10. The Bertz CT molecular complexity index is 932. The number of carbonyl (C=O) groups excluding carboxylic acids is 2. The van der Waals surface area contributed by atoms with Crippen LogP contribution in [0.3, 0.4) is 0 Å². The van der Waals surface area contributed by atoms with Crippen LogP contribution in [0.25, 0.3) is 0 Å². The first-order valence-electron chi connectivity index (χ1n) is 8.94. The van der Waals surface area contributed by atoms with Crippen LogP contribution in [-0.2, 0) is 21.1 Å². The predicted molar refractivity (Wildman–Crippen MR) is 108 cm³/mol. The SMILES string of the molecule is O=C(NC(Cc1ccccc1)C(=O)N1CCS(=O)(=O)CC1)c1ccc(Cl)cc1. The first-order valence-corrected chi connectivity index (χ1v) is 11.1. The molecule has 2 amide bonds. The van der Waals surface area contributed by atoms with Crippen LogP contribution in [0.2, 0.25) is 5.02 Å². The van der Waals surface area contributed by atoms with Crippen molar-refractivity contribution in [1.82, 2.24) is 10.2 Å². The van der Waals surface area contributed by atoms with Gasteiger partial charge in [0, 0.05) is 30.1 Å². The van der Waals surface area contributed by atoms with Gasteiger partial charge >= 0.3 is 0 Å². The van der Waals surface area contributed by atoms with Crippen molar-refractivity contribution in [2.24, 2.45) is 0 Å². The fourth-order valence-electron chi connectivity index (χ4n) is 3.05. The van der Waals surface area contributed by atoms with Crippen molar-refractivity contribution in [3.05, 3.63) is 70.7 Å². The Hall–Kier alpha value is -2.38. The third-order valence-electron chi connectivity index (χ3n) is 4.65. The zero-order valence-electron chi connectivity index (χ0n) is 15.2. The number of nitrogens with zero attached hydrogens (tertiary/aromatic N) is 1. The monoisotopic (exact) mass is 420 g/mol. The van der Waals surface area contributed by atoms with E-state index in [1.54, 1.807) is 24.3 Å². The van der Waals surface area contributed by atoms with Crippen LogP contribution in [0.5, 0.6) is 0 Å². The molecule has 0 radical (unpaired) electrons. The largest absolute Gasteiger partial charge is 0.340 e. The van der Waals surface area contributed by atoms with Crippen LogP contribution >= 0.6 is 11.6 Å². The minimum Gasteiger partial charge on any atom is -0.340 e. The second-order valence-corrected chi connectivity index (χ2v) is 9.44. The molecule has 0 saturated carbocycles. The van der Waals surface area contributed by atoms with Crippen molar-refractivity contribution in [2.75, 3.05) is 24.6 Å². The van der Waals surface area contributed by atoms with E-state index < -0.39 is 15.9 Å². The molecule has 148 valence electrons. The molecular weight excluding hydrogens is 400 g/mol. The van der Waals surface area contributed by atoms with Crippen LogP contribution in [0.1, 0.15) is 15.9 Å². The van der Waals surface area contributed by atoms with Gasteiger partial charge in [0.25, 0.3) is 5.91 Å². The third-order valence-corrected chi connectivity index (χ3v) is 6.51. The van der Waals surface area contributed by atoms with E-state index in [1.165, 1.54) is 4.90 Å². The van der Waals surface area contributed by atoms with Gasteiger partial charge in [0.1, 0.15) is 6.04 Å². The molecule has 0 spiro atoms. The fourth-order valence-corrected chi connectivity index (χ4v) is 4.37. The lowest BCUT2D eigenvalue weighted by Gasteiger charge is -2.30. The number of hydrogen-bond acceptors (Lipinski definition) is 4. The topological polar surface area (TPSA) is 83.6 Å². The first-order chi connectivity index (χ1) is 13.3. The summed E-state index contributed by atoms with van der Waals surface area (Å²) in [5.41, 5.74) is 1.30. The average Bonchev–Trinajstić information content (AvgIpc) is 2.68. The van der Waals surface area contributed by atoms with Gasteiger partial charge in [0.05, 0.1) is 11.5 Å². The van der Waals surface area contributed by atoms with Gasteiger partial charge < -0.3 is 10.2 Å². The Labute approximate surface area is 169 Å². The van der Waals surface area contributed by atoms with Crippen molar-refractivity contribution in [2.45, 2.75) is 12.5 Å². The molecule has 1 aliphatic rings. The van der Waals surface area contributed by atoms with Gasteiger partial charge in [-0.1, -0.05) is 41.9 Å². The highest BCUT2D eigenvalue weighted by atomic mass is 35.5. The van der Waals surface area contributed by atoms with Crippen molar-refractivity contribution in [3.8, 4) is 0 Å². The number of benzene rings is 2. The molecule has 8 heteroatoms. The third kappa shape index (κ3) is 5.33. The molecule has 28 heavy (non-hydrogen) atoms. The number of amides is 2. The number of halogens is 1. The normalized spacial score (nSPS) is 17.0. The Balaban J connectivity index is 1.77. The maximum absolute atomic E-state index is 13.0. The molecule has 2 aromatic rings. The van der Waals surface area contributed by atoms with E-state index in [0.717, 1.165) is 5.56 Å². The minimum absolute atomic E-state index is 0.0536. The molecule has 1 unspecified atom stereocenters. The van der Waals surface area contributed by atoms with Crippen molar-refractivity contribution < 1.29 is 18.0 Å². The molecule has 1 N–H and O–H groups in total. The van der Waals surface area contributed by atoms with E-state index in [0.29, 0.717) is 17.0 Å². The van der Waals surface area contributed by atoms with Crippen molar-refractivity contribution in [1.29, 1.82) is 0 Å². The summed E-state index contributed by atoms with van der Waals surface area (Å²) in [5, 5.41) is 3.31. The smallest absolute Gasteiger partial charge is 0.251 e. The summed E-state index contributed by atoms with van der Waals surface area (Å²) in [6.07, 6.45) is 0.322. The van der Waals surface area contributed by atoms with Crippen molar-refractivity contribution in [3.63, 3.8) is 0 Å². The van der Waals surface area contributed by atoms with Crippen molar-refractivity contribution >= 4 is 33.3 Å². The second kappa shape index (κ2) is 8.75. The molecule has 3 rings (SSSR count). The molecule has 6 nitrogen and oxygen atoms in total. The number of hydrogen-bond donors (Lipinski definition) is 1. The fraction of sp³-hybridized carbons (Fsp3) is 0.300. The predicted octanol–water partition coefficient (Wildman–Crippen LogP) is 1.94. The Morgan fingerprint density at radius 1 is 1.00 bits per heavy atom. The summed E-state index contributed by atoms with van der Waals surface area (Å²) in [4.78, 5) is 27.2. The lowest BCUT2D eigenvalue weighted by molar-refractivity contribution is -0.132. The maximum atomic E-state index is 13.0. The number of rotatable bonds is 5. The van der Waals surface area contributed by atoms with E-state index in [2.05, 4.69) is 5.32 Å². The van der Waals surface area contributed by atoms with Crippen LogP contribution < -0.4 is 5.32 Å². The Morgan fingerprint density at radius 3 is 2.21 bits per heavy atom. The number of nitrogens with one attached hydrogen (secondary N) is 1. The molecular formula is C20H21ClN2O4S. The quantitative estimate of drug-likeness (QED) is 0.801. The second-order valence-electron chi connectivity index (χ2n) is 6.70. The standard InChI is InChI=1S/C20H21ClN2O4S/c21-17-8-6-16(7-9-17)19(24)22-18(14-15-4-2-1-3-5-15)20(25)23-10-12-28(26,27)13-11-23/h1-9,18H,10-14H2,(H,22,24). The highest BCUT2D eigenvalue weighted by molar-refractivity contribution is 7.91. The molecule has 0 aromatic heterocycles. The van der Waals surface area contributed by atoms with Gasteiger partial charge in [0.2, 0.25) is 5.91 Å². The number of carbonyl (C=O) groups is 2. The van der Waals surface area contributed by atoms with E-state index in [-0.39, 0.29) is 36.4 Å². The molecule has 1 aliphatic heterocycles. The summed E-state index contributed by atoms with van der Waals surface area (Å²) in [5.74, 6) is -0.763. The summed E-state index contributed by atoms with van der Waals surface area (Å²) >= 11 is 5.86. The van der Waals surface area contributed by atoms with E-state index in [4.69, 9.17) is 11.6 Å². The summed E-state index contributed by atoms with van der Waals surface area (Å²) in [6, 6.07) is 15.0. The molecule has 1 saturated heterocycles. The molecule has 0 bridgehead atoms. The van der Waals surface area contributed by atoms with Crippen LogP contribution in [0, 0.1) is 0 Å². The molecule has 1 fully saturated rings. The Morgan fingerprint density at radius 2 is 1.61 bits per heavy atom. The first kappa shape index (κ1) is 20.4. The summed E-state index contributed by atoms with van der Waals surface area (Å²) in [6.45, 7) is 0.284. The lowest BCUT2D eigenvalue weighted by atomic mass is 10.0. The van der Waals surface area contributed by atoms with Crippen LogP contribution in [-0.4, -0.2) is 55.8 Å². The van der Waals surface area contributed by atoms with Gasteiger partial charge in [-0.05, 0) is 29.8 Å². The van der Waals surface area contributed by atoms with E-state index >= 15 is 0 Å². The summed E-state index contributed by atoms with van der Waals surface area (Å²) < 4.78 is 23.3.